The van der Waals surface area contributed by atoms with Gasteiger partial charge in [-0.2, -0.15) is 0 Å². The van der Waals surface area contributed by atoms with E-state index in [2.05, 4.69) is 10.1 Å². The number of hydrogen-bond donors (Lipinski definition) is 1. The molecule has 1 saturated carbocycles. The number of nitrogens with one attached hydrogen (secondary N) is 1. The van der Waals surface area contributed by atoms with E-state index in [0.29, 0.717) is 17.2 Å². The first-order valence-corrected chi connectivity index (χ1v) is 6.82. The van der Waals surface area contributed by atoms with Crippen LogP contribution >= 0.6 is 0 Å². The number of rotatable bonds is 4. The maximum absolute atomic E-state index is 13.7. The van der Waals surface area contributed by atoms with Gasteiger partial charge in [-0.15, -0.1) is 0 Å². The van der Waals surface area contributed by atoms with Gasteiger partial charge in [0.25, 0.3) is 0 Å². The molecule has 1 aromatic carbocycles. The summed E-state index contributed by atoms with van der Waals surface area (Å²) < 4.78 is 18.3. The van der Waals surface area contributed by atoms with Crippen LogP contribution in [0.2, 0.25) is 0 Å². The van der Waals surface area contributed by atoms with Gasteiger partial charge < -0.3 is 10.1 Å². The van der Waals surface area contributed by atoms with Crippen LogP contribution in [0.4, 0.5) is 10.1 Å². The highest BCUT2D eigenvalue weighted by Gasteiger charge is 2.15. The van der Waals surface area contributed by atoms with Crippen molar-refractivity contribution in [2.24, 2.45) is 5.92 Å². The van der Waals surface area contributed by atoms with Crippen LogP contribution in [0.1, 0.15) is 42.5 Å². The summed E-state index contributed by atoms with van der Waals surface area (Å²) in [4.78, 5) is 11.4. The molecule has 0 saturated heterocycles. The van der Waals surface area contributed by atoms with E-state index < -0.39 is 5.97 Å². The first kappa shape index (κ1) is 13.8. The lowest BCUT2D eigenvalue weighted by Gasteiger charge is -2.22. The SMILES string of the molecule is COC(=O)c1ccc(F)c(NCC2CCCCC2)c1. The fourth-order valence-corrected chi connectivity index (χ4v) is 2.55. The Balaban J connectivity index is 2.00. The quantitative estimate of drug-likeness (QED) is 0.845. The first-order chi connectivity index (χ1) is 9.20. The lowest BCUT2D eigenvalue weighted by Crippen LogP contribution is -2.18. The van der Waals surface area contributed by atoms with Crippen molar-refractivity contribution in [3.63, 3.8) is 0 Å². The monoisotopic (exact) mass is 265 g/mol. The maximum atomic E-state index is 13.7. The summed E-state index contributed by atoms with van der Waals surface area (Å²) in [5.74, 6) is -0.167. The van der Waals surface area contributed by atoms with Gasteiger partial charge in [0.2, 0.25) is 0 Å². The molecule has 0 spiro atoms. The average molecular weight is 265 g/mol. The minimum absolute atomic E-state index is 0.330. The molecule has 4 heteroatoms. The molecule has 1 aromatic rings. The second-order valence-corrected chi connectivity index (χ2v) is 5.07. The smallest absolute Gasteiger partial charge is 0.337 e. The second kappa shape index (κ2) is 6.55. The lowest BCUT2D eigenvalue weighted by molar-refractivity contribution is 0.0600. The Morgan fingerprint density at radius 2 is 2.11 bits per heavy atom. The van der Waals surface area contributed by atoms with Crippen LogP contribution in [0.3, 0.4) is 0 Å². The molecule has 1 aliphatic carbocycles. The fraction of sp³-hybridized carbons (Fsp3) is 0.533. The number of ether oxygens (including phenoxy) is 1. The van der Waals surface area contributed by atoms with Crippen LogP contribution in [0.15, 0.2) is 18.2 Å². The van der Waals surface area contributed by atoms with Crippen molar-refractivity contribution >= 4 is 11.7 Å². The van der Waals surface area contributed by atoms with E-state index in [0.717, 1.165) is 6.54 Å². The molecule has 3 nitrogen and oxygen atoms in total. The molecule has 1 N–H and O–H groups in total. The van der Waals surface area contributed by atoms with Crippen LogP contribution in [0, 0.1) is 11.7 Å². The van der Waals surface area contributed by atoms with Crippen LogP contribution in [-0.2, 0) is 4.74 Å². The van der Waals surface area contributed by atoms with Gasteiger partial charge in [-0.25, -0.2) is 9.18 Å². The van der Waals surface area contributed by atoms with Crippen molar-refractivity contribution in [1.82, 2.24) is 0 Å². The van der Waals surface area contributed by atoms with E-state index in [9.17, 15) is 9.18 Å². The Morgan fingerprint density at radius 3 is 2.79 bits per heavy atom. The van der Waals surface area contributed by atoms with Crippen LogP contribution in [0.5, 0.6) is 0 Å². The molecule has 0 bridgehead atoms. The van der Waals surface area contributed by atoms with E-state index in [1.807, 2.05) is 0 Å². The largest absolute Gasteiger partial charge is 0.465 e. The number of halogens is 1. The van der Waals surface area contributed by atoms with Gasteiger partial charge in [0.05, 0.1) is 18.4 Å². The molecule has 0 atom stereocenters. The maximum Gasteiger partial charge on any atom is 0.337 e. The predicted molar refractivity (Wildman–Crippen MR) is 72.8 cm³/mol. The normalized spacial score (nSPS) is 16.1. The molecule has 1 aliphatic rings. The molecule has 0 aliphatic heterocycles. The summed E-state index contributed by atoms with van der Waals surface area (Å²) in [6, 6.07) is 4.26. The lowest BCUT2D eigenvalue weighted by atomic mass is 9.89. The van der Waals surface area contributed by atoms with Gasteiger partial charge in [-0.05, 0) is 37.0 Å². The predicted octanol–water partition coefficient (Wildman–Crippen LogP) is 3.60. The van der Waals surface area contributed by atoms with Crippen LogP contribution in [-0.4, -0.2) is 19.6 Å². The van der Waals surface area contributed by atoms with Crippen molar-refractivity contribution in [3.05, 3.63) is 29.6 Å². The molecule has 0 aromatic heterocycles. The molecular weight excluding hydrogens is 245 g/mol. The Hall–Kier alpha value is -1.58. The number of benzene rings is 1. The van der Waals surface area contributed by atoms with Crippen molar-refractivity contribution in [1.29, 1.82) is 0 Å². The molecule has 1 fully saturated rings. The summed E-state index contributed by atoms with van der Waals surface area (Å²) in [5.41, 5.74) is 0.753. The zero-order valence-electron chi connectivity index (χ0n) is 11.2. The van der Waals surface area contributed by atoms with E-state index in [-0.39, 0.29) is 5.82 Å². The standard InChI is InChI=1S/C15H20FNO2/c1-19-15(18)12-7-8-13(16)14(9-12)17-10-11-5-3-2-4-6-11/h7-9,11,17H,2-6,10H2,1H3. The number of carbonyl (C=O) groups excluding carboxylic acids is 1. The first-order valence-electron chi connectivity index (χ1n) is 6.82. The minimum atomic E-state index is -0.444. The molecule has 0 radical (unpaired) electrons. The molecule has 19 heavy (non-hydrogen) atoms. The second-order valence-electron chi connectivity index (χ2n) is 5.07. The van der Waals surface area contributed by atoms with Crippen molar-refractivity contribution in [2.75, 3.05) is 19.0 Å². The highest BCUT2D eigenvalue weighted by atomic mass is 19.1. The van der Waals surface area contributed by atoms with Crippen molar-refractivity contribution in [2.45, 2.75) is 32.1 Å². The molecule has 0 unspecified atom stereocenters. The van der Waals surface area contributed by atoms with Crippen LogP contribution in [0.25, 0.3) is 0 Å². The molecule has 2 rings (SSSR count). The number of hydrogen-bond acceptors (Lipinski definition) is 3. The average Bonchev–Trinajstić information content (AvgIpc) is 2.46. The van der Waals surface area contributed by atoms with Gasteiger partial charge in [-0.3, -0.25) is 0 Å². The third-order valence-electron chi connectivity index (χ3n) is 3.69. The highest BCUT2D eigenvalue weighted by Crippen LogP contribution is 2.25. The summed E-state index contributed by atoms with van der Waals surface area (Å²) in [5, 5.41) is 3.12. The number of anilines is 1. The number of esters is 1. The van der Waals surface area contributed by atoms with E-state index in [1.165, 1.54) is 57.4 Å². The molecule has 0 amide bonds. The summed E-state index contributed by atoms with van der Waals surface area (Å²) in [6.07, 6.45) is 6.23. The Labute approximate surface area is 113 Å². The minimum Gasteiger partial charge on any atom is -0.465 e. The van der Waals surface area contributed by atoms with Gasteiger partial charge in [0, 0.05) is 6.54 Å². The summed E-state index contributed by atoms with van der Waals surface area (Å²) in [7, 11) is 1.32. The summed E-state index contributed by atoms with van der Waals surface area (Å²) >= 11 is 0. The van der Waals surface area contributed by atoms with E-state index >= 15 is 0 Å². The van der Waals surface area contributed by atoms with Gasteiger partial charge in [-0.1, -0.05) is 19.3 Å². The van der Waals surface area contributed by atoms with Gasteiger partial charge in [0.1, 0.15) is 5.82 Å². The Bertz CT molecular complexity index is 442. The van der Waals surface area contributed by atoms with E-state index in [1.54, 1.807) is 0 Å². The van der Waals surface area contributed by atoms with Gasteiger partial charge in [0.15, 0.2) is 0 Å². The number of methoxy groups -OCH3 is 1. The number of carbonyl (C=O) groups is 1. The summed E-state index contributed by atoms with van der Waals surface area (Å²) in [6.45, 7) is 0.765. The fourth-order valence-electron chi connectivity index (χ4n) is 2.55. The zero-order valence-corrected chi connectivity index (χ0v) is 11.2. The van der Waals surface area contributed by atoms with Crippen LogP contribution < -0.4 is 5.32 Å². The van der Waals surface area contributed by atoms with Gasteiger partial charge >= 0.3 is 5.97 Å². The highest BCUT2D eigenvalue weighted by molar-refractivity contribution is 5.90. The van der Waals surface area contributed by atoms with Crippen molar-refractivity contribution in [3.8, 4) is 0 Å². The topological polar surface area (TPSA) is 38.3 Å². The third-order valence-corrected chi connectivity index (χ3v) is 3.69. The molecular formula is C15H20FNO2. The zero-order chi connectivity index (χ0) is 13.7. The van der Waals surface area contributed by atoms with E-state index in [4.69, 9.17) is 0 Å². The molecule has 104 valence electrons. The third kappa shape index (κ3) is 3.69. The molecule has 0 heterocycles. The van der Waals surface area contributed by atoms with Crippen molar-refractivity contribution < 1.29 is 13.9 Å². The Morgan fingerprint density at radius 1 is 1.37 bits per heavy atom. The Kier molecular flexibility index (Phi) is 4.77.